The first-order chi connectivity index (χ1) is 11.2. The van der Waals surface area contributed by atoms with Crippen LogP contribution in [0.5, 0.6) is 0 Å². The second kappa shape index (κ2) is 14.8. The highest BCUT2D eigenvalue weighted by Gasteiger charge is 2.10. The van der Waals surface area contributed by atoms with Gasteiger partial charge in [-0.15, -0.1) is 0 Å². The Morgan fingerprint density at radius 3 is 2.04 bits per heavy atom. The lowest BCUT2D eigenvalue weighted by Crippen LogP contribution is -2.21. The highest BCUT2D eigenvalue weighted by atomic mass is 15.1. The van der Waals surface area contributed by atoms with Crippen molar-refractivity contribution in [1.29, 1.82) is 0 Å². The highest BCUT2D eigenvalue weighted by molar-refractivity contribution is 5.24. The Kier molecular flexibility index (Phi) is 14.2. The van der Waals surface area contributed by atoms with Crippen molar-refractivity contribution < 1.29 is 0 Å². The van der Waals surface area contributed by atoms with Gasteiger partial charge in [0.05, 0.1) is 0 Å². The number of nitrogens with zero attached hydrogens (tertiary/aromatic N) is 1. The quantitative estimate of drug-likeness (QED) is 0.590. The minimum atomic E-state index is 0.754. The molecule has 0 spiro atoms. The van der Waals surface area contributed by atoms with Gasteiger partial charge in [-0.25, -0.2) is 0 Å². The molecule has 1 saturated heterocycles. The molecule has 1 heteroatoms. The maximum absolute atomic E-state index is 2.59. The second-order valence-corrected chi connectivity index (χ2v) is 6.72. The maximum Gasteiger partial charge on any atom is 0.00218 e. The molecule has 1 aliphatic rings. The summed E-state index contributed by atoms with van der Waals surface area (Å²) in [6, 6.07) is 9.16. The van der Waals surface area contributed by atoms with E-state index in [-0.39, 0.29) is 0 Å². The van der Waals surface area contributed by atoms with Crippen molar-refractivity contribution in [2.75, 3.05) is 19.6 Å². The van der Waals surface area contributed by atoms with Crippen LogP contribution in [0, 0.1) is 5.92 Å². The van der Waals surface area contributed by atoms with E-state index in [1.807, 2.05) is 13.8 Å². The van der Waals surface area contributed by atoms with Crippen LogP contribution in [0.4, 0.5) is 0 Å². The van der Waals surface area contributed by atoms with Gasteiger partial charge in [0, 0.05) is 6.54 Å². The molecule has 1 aliphatic heterocycles. The van der Waals surface area contributed by atoms with Crippen molar-refractivity contribution in [1.82, 2.24) is 4.90 Å². The lowest BCUT2D eigenvalue weighted by molar-refractivity contribution is 0.343. The SMILES string of the molecule is CC.CC(C)Cc1cccc(CCN2CCCC2)c1.CCCC. The first kappa shape index (κ1) is 22.2. The van der Waals surface area contributed by atoms with E-state index in [1.54, 1.807) is 0 Å². The fraction of sp³-hybridized carbons (Fsp3) is 0.727. The molecule has 0 bridgehead atoms. The van der Waals surface area contributed by atoms with Crippen molar-refractivity contribution in [2.45, 2.75) is 80.1 Å². The van der Waals surface area contributed by atoms with Crippen LogP contribution in [-0.4, -0.2) is 24.5 Å². The minimum absolute atomic E-state index is 0.754. The second-order valence-electron chi connectivity index (χ2n) is 6.72. The summed E-state index contributed by atoms with van der Waals surface area (Å²) >= 11 is 0. The molecule has 0 radical (unpaired) electrons. The zero-order chi connectivity index (χ0) is 17.5. The van der Waals surface area contributed by atoms with Crippen LogP contribution in [0.1, 0.15) is 78.4 Å². The van der Waals surface area contributed by atoms with E-state index in [0.717, 1.165) is 5.92 Å². The van der Waals surface area contributed by atoms with Crippen LogP contribution >= 0.6 is 0 Å². The van der Waals surface area contributed by atoms with Crippen LogP contribution in [0.15, 0.2) is 24.3 Å². The van der Waals surface area contributed by atoms with E-state index in [9.17, 15) is 0 Å². The Balaban J connectivity index is 0.000000705. The molecule has 1 heterocycles. The monoisotopic (exact) mass is 319 g/mol. The normalized spacial score (nSPS) is 14.0. The third-order valence-electron chi connectivity index (χ3n) is 4.05. The first-order valence-electron chi connectivity index (χ1n) is 9.95. The van der Waals surface area contributed by atoms with Crippen molar-refractivity contribution in [3.05, 3.63) is 35.4 Å². The molecule has 0 atom stereocenters. The van der Waals surface area contributed by atoms with Crippen molar-refractivity contribution >= 4 is 0 Å². The summed E-state index contributed by atoms with van der Waals surface area (Å²) in [7, 11) is 0. The van der Waals surface area contributed by atoms with Crippen LogP contribution in [0.25, 0.3) is 0 Å². The van der Waals surface area contributed by atoms with Crippen LogP contribution in [-0.2, 0) is 12.8 Å². The van der Waals surface area contributed by atoms with Crippen LogP contribution in [0.2, 0.25) is 0 Å². The zero-order valence-electron chi connectivity index (χ0n) is 16.7. The molecule has 0 unspecified atom stereocenters. The molecule has 2 rings (SSSR count). The van der Waals surface area contributed by atoms with E-state index >= 15 is 0 Å². The Morgan fingerprint density at radius 1 is 0.957 bits per heavy atom. The summed E-state index contributed by atoms with van der Waals surface area (Å²) in [5.74, 6) is 0.754. The average Bonchev–Trinajstić information content (AvgIpc) is 3.08. The molecule has 1 fully saturated rings. The predicted octanol–water partition coefficient (Wildman–Crippen LogP) is 6.36. The van der Waals surface area contributed by atoms with Crippen molar-refractivity contribution in [3.63, 3.8) is 0 Å². The number of unbranched alkanes of at least 4 members (excludes halogenated alkanes) is 1. The van der Waals surface area contributed by atoms with Gasteiger partial charge >= 0.3 is 0 Å². The van der Waals surface area contributed by atoms with Crippen LogP contribution < -0.4 is 0 Å². The van der Waals surface area contributed by atoms with Crippen molar-refractivity contribution in [2.24, 2.45) is 5.92 Å². The topological polar surface area (TPSA) is 3.24 Å². The summed E-state index contributed by atoms with van der Waals surface area (Å²) < 4.78 is 0. The lowest BCUT2D eigenvalue weighted by Gasteiger charge is -2.14. The molecular weight excluding hydrogens is 278 g/mol. The van der Waals surface area contributed by atoms with Gasteiger partial charge < -0.3 is 4.90 Å². The molecule has 0 saturated carbocycles. The number of benzene rings is 1. The molecule has 0 aliphatic carbocycles. The third-order valence-corrected chi connectivity index (χ3v) is 4.05. The molecule has 1 aromatic rings. The zero-order valence-corrected chi connectivity index (χ0v) is 16.7. The minimum Gasteiger partial charge on any atom is -0.303 e. The lowest BCUT2D eigenvalue weighted by atomic mass is 10.00. The highest BCUT2D eigenvalue weighted by Crippen LogP contribution is 2.13. The summed E-state index contributed by atoms with van der Waals surface area (Å²) in [4.78, 5) is 2.59. The predicted molar refractivity (Wildman–Crippen MR) is 106 cm³/mol. The Hall–Kier alpha value is -0.820. The molecule has 1 aromatic carbocycles. The average molecular weight is 320 g/mol. The number of likely N-dealkylation sites (tertiary alicyclic amines) is 1. The fourth-order valence-corrected chi connectivity index (χ4v) is 2.68. The molecule has 1 nitrogen and oxygen atoms in total. The van der Waals surface area contributed by atoms with Gasteiger partial charge in [0.15, 0.2) is 0 Å². The number of rotatable bonds is 6. The van der Waals surface area contributed by atoms with E-state index in [0.29, 0.717) is 0 Å². The molecule has 0 N–H and O–H groups in total. The van der Waals surface area contributed by atoms with Gasteiger partial charge in [0.1, 0.15) is 0 Å². The van der Waals surface area contributed by atoms with Gasteiger partial charge in [-0.1, -0.05) is 78.6 Å². The van der Waals surface area contributed by atoms with Gasteiger partial charge in [-0.3, -0.25) is 0 Å². The number of hydrogen-bond acceptors (Lipinski definition) is 1. The van der Waals surface area contributed by atoms with E-state index in [4.69, 9.17) is 0 Å². The van der Waals surface area contributed by atoms with Gasteiger partial charge in [-0.05, 0) is 55.8 Å². The molecule has 0 aromatic heterocycles. The Labute approximate surface area is 146 Å². The maximum atomic E-state index is 2.59. The summed E-state index contributed by atoms with van der Waals surface area (Å²) in [5.41, 5.74) is 3.01. The molecule has 0 amide bonds. The first-order valence-corrected chi connectivity index (χ1v) is 9.95. The van der Waals surface area contributed by atoms with Gasteiger partial charge in [0.25, 0.3) is 0 Å². The molecule has 23 heavy (non-hydrogen) atoms. The molecular formula is C22H41N. The fourth-order valence-electron chi connectivity index (χ4n) is 2.68. The van der Waals surface area contributed by atoms with Crippen LogP contribution in [0.3, 0.4) is 0 Å². The van der Waals surface area contributed by atoms with E-state index in [1.165, 1.54) is 69.3 Å². The summed E-state index contributed by atoms with van der Waals surface area (Å²) in [5, 5.41) is 0. The summed E-state index contributed by atoms with van der Waals surface area (Å²) in [6.07, 6.45) is 7.85. The Morgan fingerprint density at radius 2 is 1.52 bits per heavy atom. The standard InChI is InChI=1S/C16H25N.C4H10.C2H6/c1-14(2)12-16-7-5-6-15(13-16)8-11-17-9-3-4-10-17;1-3-4-2;1-2/h5-7,13-14H,3-4,8-12H2,1-2H3;3-4H2,1-2H3;1-2H3. The smallest absolute Gasteiger partial charge is 0.00218 e. The van der Waals surface area contributed by atoms with Gasteiger partial charge in [0.2, 0.25) is 0 Å². The van der Waals surface area contributed by atoms with E-state index in [2.05, 4.69) is 56.9 Å². The van der Waals surface area contributed by atoms with E-state index < -0.39 is 0 Å². The summed E-state index contributed by atoms with van der Waals surface area (Å²) in [6.45, 7) is 16.8. The number of hydrogen-bond donors (Lipinski definition) is 0. The van der Waals surface area contributed by atoms with Gasteiger partial charge in [-0.2, -0.15) is 0 Å². The Bertz CT molecular complexity index is 362. The largest absolute Gasteiger partial charge is 0.303 e. The van der Waals surface area contributed by atoms with Crippen molar-refractivity contribution in [3.8, 4) is 0 Å². The third kappa shape index (κ3) is 11.4. The molecule has 134 valence electrons.